The Kier molecular flexibility index (Phi) is 3.42. The summed E-state index contributed by atoms with van der Waals surface area (Å²) in [6, 6.07) is 9.30. The highest BCUT2D eigenvalue weighted by Crippen LogP contribution is 2.31. The predicted molar refractivity (Wildman–Crippen MR) is 76.0 cm³/mol. The molecule has 1 aliphatic carbocycles. The normalized spacial score (nSPS) is 23.5. The van der Waals surface area contributed by atoms with Crippen LogP contribution in [0.5, 0.6) is 0 Å². The second-order valence-corrected chi connectivity index (χ2v) is 5.66. The number of benzene rings is 1. The second-order valence-electron chi connectivity index (χ2n) is 5.66. The van der Waals surface area contributed by atoms with Gasteiger partial charge < -0.3 is 11.1 Å². The highest BCUT2D eigenvalue weighted by atomic mass is 16.1. The van der Waals surface area contributed by atoms with Crippen molar-refractivity contribution in [2.24, 2.45) is 5.73 Å². The van der Waals surface area contributed by atoms with Gasteiger partial charge in [0.1, 0.15) is 0 Å². The number of hydrogen-bond acceptors (Lipinski definition) is 3. The maximum absolute atomic E-state index is 11.1. The summed E-state index contributed by atoms with van der Waals surface area (Å²) in [6.45, 7) is 2.32. The second kappa shape index (κ2) is 5.21. The largest absolute Gasteiger partial charge is 0.381 e. The Bertz CT molecular complexity index is 470. The van der Waals surface area contributed by atoms with E-state index in [9.17, 15) is 4.79 Å². The third-order valence-electron chi connectivity index (χ3n) is 4.02. The van der Waals surface area contributed by atoms with Crippen molar-refractivity contribution in [2.45, 2.75) is 37.8 Å². The lowest BCUT2D eigenvalue weighted by molar-refractivity contribution is -0.117. The molecule has 3 N–H and O–H groups in total. The molecule has 1 atom stereocenters. The number of amides is 1. The van der Waals surface area contributed by atoms with Crippen molar-refractivity contribution in [1.82, 2.24) is 4.90 Å². The molecule has 1 aliphatic heterocycles. The maximum Gasteiger partial charge on any atom is 0.221 e. The molecule has 1 saturated heterocycles. The summed E-state index contributed by atoms with van der Waals surface area (Å²) in [6.07, 6.45) is 4.22. The van der Waals surface area contributed by atoms with Crippen molar-refractivity contribution < 1.29 is 4.79 Å². The number of nitrogens with two attached hydrogens (primary N) is 1. The lowest BCUT2D eigenvalue weighted by atomic mass is 10.1. The molecule has 0 radical (unpaired) electrons. The zero-order valence-electron chi connectivity index (χ0n) is 11.1. The minimum atomic E-state index is -0.278. The molecule has 2 fully saturated rings. The van der Waals surface area contributed by atoms with Crippen LogP contribution in [0.3, 0.4) is 0 Å². The number of carbonyl (C=O) groups excluding carboxylic acids is 1. The van der Waals surface area contributed by atoms with Gasteiger partial charge in [-0.15, -0.1) is 0 Å². The van der Waals surface area contributed by atoms with Crippen molar-refractivity contribution in [3.63, 3.8) is 0 Å². The molecule has 102 valence electrons. The third kappa shape index (κ3) is 3.07. The zero-order valence-corrected chi connectivity index (χ0v) is 11.1. The molecule has 0 spiro atoms. The molecule has 19 heavy (non-hydrogen) atoms. The van der Waals surface area contributed by atoms with Crippen LogP contribution < -0.4 is 11.1 Å². The lowest BCUT2D eigenvalue weighted by Crippen LogP contribution is -2.28. The summed E-state index contributed by atoms with van der Waals surface area (Å²) in [4.78, 5) is 13.7. The Balaban J connectivity index is 1.64. The number of nitrogens with one attached hydrogen (secondary N) is 1. The van der Waals surface area contributed by atoms with E-state index >= 15 is 0 Å². The van der Waals surface area contributed by atoms with Crippen LogP contribution in [-0.4, -0.2) is 36.0 Å². The van der Waals surface area contributed by atoms with E-state index in [0.29, 0.717) is 12.5 Å². The first-order valence-corrected chi connectivity index (χ1v) is 7.09. The number of likely N-dealkylation sites (tertiary alicyclic amines) is 1. The van der Waals surface area contributed by atoms with Crippen molar-refractivity contribution in [2.75, 3.05) is 18.4 Å². The fourth-order valence-corrected chi connectivity index (χ4v) is 2.90. The molecule has 4 nitrogen and oxygen atoms in total. The fourth-order valence-electron chi connectivity index (χ4n) is 2.90. The van der Waals surface area contributed by atoms with Crippen LogP contribution in [0, 0.1) is 0 Å². The molecule has 0 bridgehead atoms. The van der Waals surface area contributed by atoms with Crippen LogP contribution in [0.15, 0.2) is 24.3 Å². The first-order chi connectivity index (χ1) is 9.22. The Labute approximate surface area is 114 Å². The van der Waals surface area contributed by atoms with Gasteiger partial charge in [-0.05, 0) is 30.9 Å². The predicted octanol–water partition coefficient (Wildman–Crippen LogP) is 1.36. The zero-order chi connectivity index (χ0) is 13.2. The SMILES string of the molecule is NC(=O)Cc1ccccc1NC1CCN(C2CC2)C1. The Morgan fingerprint density at radius 2 is 2.11 bits per heavy atom. The van der Waals surface area contributed by atoms with E-state index in [1.165, 1.54) is 25.8 Å². The summed E-state index contributed by atoms with van der Waals surface area (Å²) in [7, 11) is 0. The highest BCUT2D eigenvalue weighted by molar-refractivity contribution is 5.78. The molecular formula is C15H21N3O. The van der Waals surface area contributed by atoms with Crippen molar-refractivity contribution >= 4 is 11.6 Å². The van der Waals surface area contributed by atoms with Crippen molar-refractivity contribution in [3.8, 4) is 0 Å². The van der Waals surface area contributed by atoms with E-state index in [-0.39, 0.29) is 5.91 Å². The van der Waals surface area contributed by atoms with Crippen LogP contribution in [0.25, 0.3) is 0 Å². The van der Waals surface area contributed by atoms with Gasteiger partial charge in [0.05, 0.1) is 6.42 Å². The summed E-state index contributed by atoms with van der Waals surface area (Å²) in [5.41, 5.74) is 7.36. The van der Waals surface area contributed by atoms with Crippen LogP contribution in [0.4, 0.5) is 5.69 Å². The monoisotopic (exact) mass is 259 g/mol. The molecule has 1 aromatic rings. The van der Waals surface area contributed by atoms with Gasteiger partial charge in [0.2, 0.25) is 5.91 Å². The summed E-state index contributed by atoms with van der Waals surface area (Å²) in [5, 5.41) is 3.58. The van der Waals surface area contributed by atoms with E-state index in [0.717, 1.165) is 23.8 Å². The van der Waals surface area contributed by atoms with E-state index in [4.69, 9.17) is 5.73 Å². The fraction of sp³-hybridized carbons (Fsp3) is 0.533. The van der Waals surface area contributed by atoms with Gasteiger partial charge in [-0.2, -0.15) is 0 Å². The molecule has 0 aromatic heterocycles. The van der Waals surface area contributed by atoms with Crippen molar-refractivity contribution in [1.29, 1.82) is 0 Å². The number of rotatable bonds is 5. The van der Waals surface area contributed by atoms with E-state index < -0.39 is 0 Å². The van der Waals surface area contributed by atoms with Gasteiger partial charge in [-0.3, -0.25) is 9.69 Å². The third-order valence-corrected chi connectivity index (χ3v) is 4.02. The molecule has 1 heterocycles. The Morgan fingerprint density at radius 3 is 2.84 bits per heavy atom. The number of anilines is 1. The van der Waals surface area contributed by atoms with Gasteiger partial charge in [0.15, 0.2) is 0 Å². The molecule has 3 rings (SSSR count). The molecular weight excluding hydrogens is 238 g/mol. The topological polar surface area (TPSA) is 58.4 Å². The standard InChI is InChI=1S/C15H21N3O/c16-15(19)9-11-3-1-2-4-14(11)17-12-7-8-18(10-12)13-5-6-13/h1-4,12-13,17H,5-10H2,(H2,16,19). The molecule has 1 unspecified atom stereocenters. The van der Waals surface area contributed by atoms with Gasteiger partial charge in [0.25, 0.3) is 0 Å². The number of primary amides is 1. The van der Waals surface area contributed by atoms with Crippen LogP contribution >= 0.6 is 0 Å². The van der Waals surface area contributed by atoms with Crippen LogP contribution in [-0.2, 0) is 11.2 Å². The maximum atomic E-state index is 11.1. The average Bonchev–Trinajstić information content (AvgIpc) is 3.12. The van der Waals surface area contributed by atoms with Gasteiger partial charge >= 0.3 is 0 Å². The summed E-state index contributed by atoms with van der Waals surface area (Å²) < 4.78 is 0. The van der Waals surface area contributed by atoms with Gasteiger partial charge in [0, 0.05) is 30.9 Å². The summed E-state index contributed by atoms with van der Waals surface area (Å²) >= 11 is 0. The molecule has 1 aromatic carbocycles. The number of para-hydroxylation sites is 1. The Hall–Kier alpha value is -1.55. The first-order valence-electron chi connectivity index (χ1n) is 7.09. The van der Waals surface area contributed by atoms with Gasteiger partial charge in [-0.1, -0.05) is 18.2 Å². The quantitative estimate of drug-likeness (QED) is 0.839. The Morgan fingerprint density at radius 1 is 1.32 bits per heavy atom. The molecule has 2 aliphatic rings. The number of carbonyl (C=O) groups is 1. The minimum absolute atomic E-state index is 0.278. The number of nitrogens with zero attached hydrogens (tertiary/aromatic N) is 1. The lowest BCUT2D eigenvalue weighted by Gasteiger charge is -2.18. The van der Waals surface area contributed by atoms with E-state index in [1.54, 1.807) is 0 Å². The highest BCUT2D eigenvalue weighted by Gasteiger charge is 2.34. The van der Waals surface area contributed by atoms with E-state index in [1.807, 2.05) is 24.3 Å². The molecule has 1 amide bonds. The van der Waals surface area contributed by atoms with Gasteiger partial charge in [-0.25, -0.2) is 0 Å². The number of hydrogen-bond donors (Lipinski definition) is 2. The van der Waals surface area contributed by atoms with Crippen molar-refractivity contribution in [3.05, 3.63) is 29.8 Å². The smallest absolute Gasteiger partial charge is 0.221 e. The average molecular weight is 259 g/mol. The minimum Gasteiger partial charge on any atom is -0.381 e. The van der Waals surface area contributed by atoms with Crippen LogP contribution in [0.1, 0.15) is 24.8 Å². The first kappa shape index (κ1) is 12.5. The summed E-state index contributed by atoms with van der Waals surface area (Å²) in [5.74, 6) is -0.278. The molecule has 4 heteroatoms. The molecule has 1 saturated carbocycles. The van der Waals surface area contributed by atoms with E-state index in [2.05, 4.69) is 10.2 Å². The van der Waals surface area contributed by atoms with Crippen LogP contribution in [0.2, 0.25) is 0 Å².